The molecular weight excluding hydrogens is 332 g/mol. The third-order valence-electron chi connectivity index (χ3n) is 4.26. The predicted molar refractivity (Wildman–Crippen MR) is 102 cm³/mol. The summed E-state index contributed by atoms with van der Waals surface area (Å²) in [6.45, 7) is 2.64. The van der Waals surface area contributed by atoms with Gasteiger partial charge in [0.15, 0.2) is 5.16 Å². The second-order valence-corrected chi connectivity index (χ2v) is 7.39. The Morgan fingerprint density at radius 2 is 2.04 bits per heavy atom. The average Bonchev–Trinajstić information content (AvgIpc) is 3.44. The van der Waals surface area contributed by atoms with Crippen molar-refractivity contribution in [3.63, 3.8) is 0 Å². The van der Waals surface area contributed by atoms with E-state index in [-0.39, 0.29) is 5.56 Å². The van der Waals surface area contributed by atoms with Crippen molar-refractivity contribution in [2.45, 2.75) is 31.0 Å². The topological polar surface area (TPSA) is 44.1 Å². The third-order valence-corrected chi connectivity index (χ3v) is 5.18. The number of ether oxygens (including phenoxy) is 1. The first-order valence-corrected chi connectivity index (χ1v) is 9.54. The number of thioether (sulfide) groups is 1. The van der Waals surface area contributed by atoms with Gasteiger partial charge in [0.05, 0.1) is 17.5 Å². The summed E-state index contributed by atoms with van der Waals surface area (Å²) in [6, 6.07) is 15.9. The molecule has 0 bridgehead atoms. The van der Waals surface area contributed by atoms with Crippen LogP contribution in [0.3, 0.4) is 0 Å². The summed E-state index contributed by atoms with van der Waals surface area (Å²) in [6.07, 6.45) is 2.13. The molecule has 4 rings (SSSR count). The van der Waals surface area contributed by atoms with E-state index in [1.807, 2.05) is 47.0 Å². The second kappa shape index (κ2) is 6.92. The minimum atomic E-state index is 0.0789. The van der Waals surface area contributed by atoms with Gasteiger partial charge in [0.25, 0.3) is 5.56 Å². The smallest absolute Gasteiger partial charge is 0.262 e. The Hall–Kier alpha value is -2.27. The van der Waals surface area contributed by atoms with Crippen LogP contribution in [0.15, 0.2) is 58.5 Å². The molecule has 0 saturated heterocycles. The highest BCUT2D eigenvalue weighted by atomic mass is 32.2. The zero-order chi connectivity index (χ0) is 17.2. The second-order valence-electron chi connectivity index (χ2n) is 6.33. The van der Waals surface area contributed by atoms with E-state index < -0.39 is 0 Å². The van der Waals surface area contributed by atoms with Crippen LogP contribution in [-0.2, 0) is 0 Å². The molecule has 3 aromatic rings. The van der Waals surface area contributed by atoms with Gasteiger partial charge in [-0.05, 0) is 49.6 Å². The molecule has 1 aromatic heterocycles. The fraction of sp³-hybridized carbons (Fsp3) is 0.300. The molecule has 0 radical (unpaired) electrons. The number of aryl methyl sites for hydroxylation is 1. The highest BCUT2D eigenvalue weighted by Gasteiger charge is 2.28. The van der Waals surface area contributed by atoms with Crippen LogP contribution in [0.2, 0.25) is 0 Å². The lowest BCUT2D eigenvalue weighted by Crippen LogP contribution is -2.22. The third kappa shape index (κ3) is 3.56. The minimum absolute atomic E-state index is 0.0789. The number of para-hydroxylation sites is 1. The van der Waals surface area contributed by atoms with E-state index in [0.29, 0.717) is 18.0 Å². The van der Waals surface area contributed by atoms with Crippen LogP contribution in [0.1, 0.15) is 24.4 Å². The fourth-order valence-corrected chi connectivity index (χ4v) is 3.76. The summed E-state index contributed by atoms with van der Waals surface area (Å²) in [5.41, 5.74) is 2.03. The molecule has 5 heteroatoms. The molecule has 128 valence electrons. The van der Waals surface area contributed by atoms with Gasteiger partial charge >= 0.3 is 0 Å². The highest BCUT2D eigenvalue weighted by molar-refractivity contribution is 7.99. The van der Waals surface area contributed by atoms with E-state index in [2.05, 4.69) is 13.0 Å². The van der Waals surface area contributed by atoms with E-state index in [0.717, 1.165) is 35.0 Å². The summed E-state index contributed by atoms with van der Waals surface area (Å²) in [7, 11) is 0. The zero-order valence-electron chi connectivity index (χ0n) is 14.1. The van der Waals surface area contributed by atoms with Gasteiger partial charge in [-0.3, -0.25) is 9.36 Å². The molecular formula is C20H20N2O2S. The number of hydrogen-bond donors (Lipinski definition) is 0. The Kier molecular flexibility index (Phi) is 4.49. The Morgan fingerprint density at radius 1 is 1.20 bits per heavy atom. The molecule has 1 saturated carbocycles. The molecule has 1 fully saturated rings. The monoisotopic (exact) mass is 352 g/mol. The van der Waals surface area contributed by atoms with E-state index >= 15 is 0 Å². The van der Waals surface area contributed by atoms with Crippen molar-refractivity contribution in [1.82, 2.24) is 9.55 Å². The Balaban J connectivity index is 1.51. The van der Waals surface area contributed by atoms with Crippen LogP contribution in [0.5, 0.6) is 5.75 Å². The van der Waals surface area contributed by atoms with Crippen molar-refractivity contribution in [1.29, 1.82) is 0 Å². The van der Waals surface area contributed by atoms with Gasteiger partial charge in [-0.1, -0.05) is 36.0 Å². The van der Waals surface area contributed by atoms with Gasteiger partial charge in [-0.2, -0.15) is 0 Å². The molecule has 1 aliphatic rings. The maximum absolute atomic E-state index is 12.8. The standard InChI is InChI=1S/C20H20N2O2S/c1-14-5-4-6-16(13-14)24-11-12-25-20-21-18-8-3-2-7-17(18)19(23)22(20)15-9-10-15/h2-8,13,15H,9-12H2,1H3. The lowest BCUT2D eigenvalue weighted by molar-refractivity contribution is 0.343. The van der Waals surface area contributed by atoms with E-state index in [1.54, 1.807) is 11.8 Å². The van der Waals surface area contributed by atoms with E-state index in [9.17, 15) is 4.79 Å². The summed E-state index contributed by atoms with van der Waals surface area (Å²) in [4.78, 5) is 17.5. The van der Waals surface area contributed by atoms with Crippen LogP contribution in [0.4, 0.5) is 0 Å². The van der Waals surface area contributed by atoms with Crippen molar-refractivity contribution < 1.29 is 4.74 Å². The zero-order valence-corrected chi connectivity index (χ0v) is 15.0. The van der Waals surface area contributed by atoms with Crippen LogP contribution >= 0.6 is 11.8 Å². The van der Waals surface area contributed by atoms with Crippen LogP contribution < -0.4 is 10.3 Å². The Morgan fingerprint density at radius 3 is 2.84 bits per heavy atom. The van der Waals surface area contributed by atoms with Crippen LogP contribution in [0, 0.1) is 6.92 Å². The summed E-state index contributed by atoms with van der Waals surface area (Å²) in [5, 5.41) is 1.51. The van der Waals surface area contributed by atoms with Crippen molar-refractivity contribution in [3.8, 4) is 5.75 Å². The molecule has 0 amide bonds. The maximum atomic E-state index is 12.8. The molecule has 1 heterocycles. The van der Waals surface area contributed by atoms with E-state index in [1.165, 1.54) is 5.56 Å². The molecule has 0 atom stereocenters. The van der Waals surface area contributed by atoms with Crippen molar-refractivity contribution in [2.24, 2.45) is 0 Å². The summed E-state index contributed by atoms with van der Waals surface area (Å²) >= 11 is 1.59. The van der Waals surface area contributed by atoms with Gasteiger partial charge in [0.1, 0.15) is 5.75 Å². The molecule has 0 N–H and O–H groups in total. The minimum Gasteiger partial charge on any atom is -0.493 e. The number of rotatable bonds is 6. The quantitative estimate of drug-likeness (QED) is 0.379. The van der Waals surface area contributed by atoms with Crippen molar-refractivity contribution in [2.75, 3.05) is 12.4 Å². The lowest BCUT2D eigenvalue weighted by Gasteiger charge is -2.12. The number of fused-ring (bicyclic) bond motifs is 1. The predicted octanol–water partition coefficient (Wildman–Crippen LogP) is 4.21. The van der Waals surface area contributed by atoms with Crippen molar-refractivity contribution in [3.05, 3.63) is 64.4 Å². The van der Waals surface area contributed by atoms with Crippen molar-refractivity contribution >= 4 is 22.7 Å². The molecule has 0 spiro atoms. The first kappa shape index (κ1) is 16.2. The highest BCUT2D eigenvalue weighted by Crippen LogP contribution is 2.36. The normalized spacial score (nSPS) is 14.0. The van der Waals surface area contributed by atoms with Gasteiger partial charge < -0.3 is 4.74 Å². The largest absolute Gasteiger partial charge is 0.493 e. The number of aromatic nitrogens is 2. The van der Waals surface area contributed by atoms with Crippen LogP contribution in [-0.4, -0.2) is 21.9 Å². The Bertz CT molecular complexity index is 963. The number of benzene rings is 2. The molecule has 2 aromatic carbocycles. The van der Waals surface area contributed by atoms with Gasteiger partial charge in [-0.25, -0.2) is 4.98 Å². The number of hydrogen-bond acceptors (Lipinski definition) is 4. The first-order valence-electron chi connectivity index (χ1n) is 8.56. The first-order chi connectivity index (χ1) is 12.2. The van der Waals surface area contributed by atoms with Gasteiger partial charge in [-0.15, -0.1) is 0 Å². The molecule has 4 nitrogen and oxygen atoms in total. The van der Waals surface area contributed by atoms with E-state index in [4.69, 9.17) is 9.72 Å². The van der Waals surface area contributed by atoms with Gasteiger partial charge in [0.2, 0.25) is 0 Å². The molecule has 25 heavy (non-hydrogen) atoms. The summed E-state index contributed by atoms with van der Waals surface area (Å²) in [5.74, 6) is 1.64. The molecule has 0 aliphatic heterocycles. The average molecular weight is 352 g/mol. The van der Waals surface area contributed by atoms with Crippen LogP contribution in [0.25, 0.3) is 10.9 Å². The lowest BCUT2D eigenvalue weighted by atomic mass is 10.2. The summed E-state index contributed by atoms with van der Waals surface area (Å²) < 4.78 is 7.68. The maximum Gasteiger partial charge on any atom is 0.262 e. The SMILES string of the molecule is Cc1cccc(OCCSc2nc3ccccc3c(=O)n2C2CC2)c1. The molecule has 1 aliphatic carbocycles. The number of nitrogens with zero attached hydrogens (tertiary/aromatic N) is 2. The molecule has 0 unspecified atom stereocenters. The Labute approximate surface area is 150 Å². The fourth-order valence-electron chi connectivity index (χ4n) is 2.88. The van der Waals surface area contributed by atoms with Gasteiger partial charge in [0, 0.05) is 11.8 Å².